The standard InChI is InChI=1S/C10H14N2O6/c1-17-8-7(15)5(4-13)18-9(8)12-3-2-6(14)11-10(12)16/h2-3,5,7-9,13,15H,4H2,1H3,(H,11,14,16)/t5-,7+,8+,9+/m0/s1. The second-order valence-electron chi connectivity index (χ2n) is 3.96. The van der Waals surface area contributed by atoms with Gasteiger partial charge in [-0.3, -0.25) is 14.3 Å². The zero-order valence-electron chi connectivity index (χ0n) is 9.65. The van der Waals surface area contributed by atoms with E-state index in [1.807, 2.05) is 0 Å². The van der Waals surface area contributed by atoms with E-state index in [0.29, 0.717) is 0 Å². The minimum absolute atomic E-state index is 0.393. The van der Waals surface area contributed by atoms with Crippen molar-refractivity contribution in [3.05, 3.63) is 33.1 Å². The van der Waals surface area contributed by atoms with Crippen molar-refractivity contribution in [1.29, 1.82) is 0 Å². The Balaban J connectivity index is 2.38. The minimum Gasteiger partial charge on any atom is -0.394 e. The fourth-order valence-electron chi connectivity index (χ4n) is 1.98. The molecule has 1 aliphatic rings. The van der Waals surface area contributed by atoms with Crippen molar-refractivity contribution in [1.82, 2.24) is 9.55 Å². The van der Waals surface area contributed by atoms with Crippen LogP contribution in [0.1, 0.15) is 6.23 Å². The van der Waals surface area contributed by atoms with E-state index in [1.54, 1.807) is 0 Å². The second kappa shape index (κ2) is 5.02. The average molecular weight is 258 g/mol. The summed E-state index contributed by atoms with van der Waals surface area (Å²) in [5.74, 6) is 0. The molecule has 1 aromatic rings. The number of nitrogens with zero attached hydrogens (tertiary/aromatic N) is 1. The minimum atomic E-state index is -1.05. The molecule has 0 spiro atoms. The van der Waals surface area contributed by atoms with E-state index in [0.717, 1.165) is 10.6 Å². The molecule has 2 rings (SSSR count). The van der Waals surface area contributed by atoms with Crippen LogP contribution in [0.15, 0.2) is 21.9 Å². The van der Waals surface area contributed by atoms with Gasteiger partial charge in [0.05, 0.1) is 6.61 Å². The molecule has 18 heavy (non-hydrogen) atoms. The molecule has 1 saturated heterocycles. The first-order chi connectivity index (χ1) is 8.58. The van der Waals surface area contributed by atoms with E-state index in [2.05, 4.69) is 4.98 Å². The molecule has 0 bridgehead atoms. The van der Waals surface area contributed by atoms with Gasteiger partial charge in [0.15, 0.2) is 6.23 Å². The maximum Gasteiger partial charge on any atom is 0.330 e. The fraction of sp³-hybridized carbons (Fsp3) is 0.600. The van der Waals surface area contributed by atoms with E-state index in [-0.39, 0.29) is 0 Å². The van der Waals surface area contributed by atoms with Crippen LogP contribution in [-0.4, -0.2) is 51.8 Å². The van der Waals surface area contributed by atoms with Gasteiger partial charge in [-0.25, -0.2) is 4.79 Å². The molecule has 0 amide bonds. The SMILES string of the molecule is CO[C@@H]1[C@H](O)[C@H](CO)O[C@H]1n1ccc(=O)[nH]c1=O. The first-order valence-electron chi connectivity index (χ1n) is 5.37. The Kier molecular flexibility index (Phi) is 3.62. The Morgan fingerprint density at radius 2 is 2.28 bits per heavy atom. The highest BCUT2D eigenvalue weighted by Crippen LogP contribution is 2.29. The summed E-state index contributed by atoms with van der Waals surface area (Å²) < 4.78 is 11.5. The molecule has 1 aliphatic heterocycles. The number of ether oxygens (including phenoxy) is 2. The van der Waals surface area contributed by atoms with Gasteiger partial charge in [-0.2, -0.15) is 0 Å². The first kappa shape index (κ1) is 13.0. The van der Waals surface area contributed by atoms with E-state index in [1.165, 1.54) is 13.3 Å². The fourth-order valence-corrected chi connectivity index (χ4v) is 1.98. The smallest absolute Gasteiger partial charge is 0.330 e. The summed E-state index contributed by atoms with van der Waals surface area (Å²) in [6.45, 7) is -0.393. The third-order valence-corrected chi connectivity index (χ3v) is 2.89. The number of rotatable bonds is 3. The Morgan fingerprint density at radius 1 is 1.56 bits per heavy atom. The Morgan fingerprint density at radius 3 is 2.83 bits per heavy atom. The Hall–Kier alpha value is -1.48. The van der Waals surface area contributed by atoms with Crippen LogP contribution in [0.25, 0.3) is 0 Å². The van der Waals surface area contributed by atoms with Crippen molar-refractivity contribution in [2.45, 2.75) is 24.5 Å². The summed E-state index contributed by atoms with van der Waals surface area (Å²) in [7, 11) is 1.36. The maximum absolute atomic E-state index is 11.6. The van der Waals surface area contributed by atoms with Crippen molar-refractivity contribution in [3.8, 4) is 0 Å². The van der Waals surface area contributed by atoms with Crippen molar-refractivity contribution in [2.75, 3.05) is 13.7 Å². The molecule has 1 fully saturated rings. The molecule has 2 heterocycles. The van der Waals surface area contributed by atoms with Crippen LogP contribution in [0.2, 0.25) is 0 Å². The molecule has 3 N–H and O–H groups in total. The highest BCUT2D eigenvalue weighted by Gasteiger charge is 2.45. The zero-order valence-corrected chi connectivity index (χ0v) is 9.65. The number of hydrogen-bond donors (Lipinski definition) is 3. The predicted molar refractivity (Wildman–Crippen MR) is 59.1 cm³/mol. The van der Waals surface area contributed by atoms with Gasteiger partial charge in [0.25, 0.3) is 5.56 Å². The highest BCUT2D eigenvalue weighted by atomic mass is 16.6. The third kappa shape index (κ3) is 2.10. The summed E-state index contributed by atoms with van der Waals surface area (Å²) in [6.07, 6.45) is -2.33. The third-order valence-electron chi connectivity index (χ3n) is 2.89. The van der Waals surface area contributed by atoms with Gasteiger partial charge in [0, 0.05) is 19.4 Å². The molecule has 4 atom stereocenters. The lowest BCUT2D eigenvalue weighted by Crippen LogP contribution is -2.38. The van der Waals surface area contributed by atoms with Gasteiger partial charge < -0.3 is 19.7 Å². The van der Waals surface area contributed by atoms with E-state index in [9.17, 15) is 14.7 Å². The topological polar surface area (TPSA) is 114 Å². The summed E-state index contributed by atoms with van der Waals surface area (Å²) in [5.41, 5.74) is -1.19. The van der Waals surface area contributed by atoms with E-state index in [4.69, 9.17) is 14.6 Å². The second-order valence-corrected chi connectivity index (χ2v) is 3.96. The lowest BCUT2D eigenvalue weighted by atomic mass is 10.1. The van der Waals surface area contributed by atoms with Gasteiger partial charge >= 0.3 is 5.69 Å². The molecule has 8 heteroatoms. The van der Waals surface area contributed by atoms with Gasteiger partial charge in [0.2, 0.25) is 0 Å². The summed E-state index contributed by atoms with van der Waals surface area (Å²) in [4.78, 5) is 24.7. The molecule has 0 aliphatic carbocycles. The van der Waals surface area contributed by atoms with Crippen molar-refractivity contribution in [3.63, 3.8) is 0 Å². The maximum atomic E-state index is 11.6. The van der Waals surface area contributed by atoms with Crippen molar-refractivity contribution in [2.24, 2.45) is 0 Å². The summed E-state index contributed by atoms with van der Waals surface area (Å²) in [5, 5.41) is 18.9. The molecule has 1 aromatic heterocycles. The number of aromatic amines is 1. The first-order valence-corrected chi connectivity index (χ1v) is 5.37. The van der Waals surface area contributed by atoms with Crippen LogP contribution in [0.5, 0.6) is 0 Å². The summed E-state index contributed by atoms with van der Waals surface area (Å²) >= 11 is 0. The van der Waals surface area contributed by atoms with Gasteiger partial charge in [-0.05, 0) is 0 Å². The Bertz CT molecular complexity index is 524. The van der Waals surface area contributed by atoms with Gasteiger partial charge in [-0.15, -0.1) is 0 Å². The molecule has 0 unspecified atom stereocenters. The van der Waals surface area contributed by atoms with E-state index >= 15 is 0 Å². The number of methoxy groups -OCH3 is 1. The highest BCUT2D eigenvalue weighted by molar-refractivity contribution is 4.93. The quantitative estimate of drug-likeness (QED) is 0.567. The van der Waals surface area contributed by atoms with Gasteiger partial charge in [0.1, 0.15) is 18.3 Å². The number of nitrogens with one attached hydrogen (secondary N) is 1. The summed E-state index contributed by atoms with van der Waals surface area (Å²) in [6, 6.07) is 1.16. The van der Waals surface area contributed by atoms with Crippen molar-refractivity contribution >= 4 is 0 Å². The Labute approximate surface area is 101 Å². The molecular formula is C10H14N2O6. The molecule has 0 radical (unpaired) electrons. The van der Waals surface area contributed by atoms with Crippen LogP contribution in [-0.2, 0) is 9.47 Å². The number of aliphatic hydroxyl groups is 2. The van der Waals surface area contributed by atoms with Crippen LogP contribution in [0.3, 0.4) is 0 Å². The zero-order chi connectivity index (χ0) is 13.3. The number of aromatic nitrogens is 2. The number of H-pyrrole nitrogens is 1. The molecular weight excluding hydrogens is 244 g/mol. The van der Waals surface area contributed by atoms with Crippen LogP contribution in [0, 0.1) is 0 Å². The lowest BCUT2D eigenvalue weighted by Gasteiger charge is -2.19. The largest absolute Gasteiger partial charge is 0.394 e. The van der Waals surface area contributed by atoms with E-state index < -0.39 is 42.4 Å². The predicted octanol–water partition coefficient (Wildman–Crippen LogP) is -2.20. The van der Waals surface area contributed by atoms with Crippen molar-refractivity contribution < 1.29 is 19.7 Å². The number of aliphatic hydroxyl groups excluding tert-OH is 2. The molecule has 0 aromatic carbocycles. The average Bonchev–Trinajstić information content (AvgIpc) is 2.65. The molecule has 0 saturated carbocycles. The van der Waals surface area contributed by atoms with Crippen LogP contribution < -0.4 is 11.2 Å². The van der Waals surface area contributed by atoms with Crippen LogP contribution >= 0.6 is 0 Å². The van der Waals surface area contributed by atoms with Gasteiger partial charge in [-0.1, -0.05) is 0 Å². The lowest BCUT2D eigenvalue weighted by molar-refractivity contribution is -0.0625. The monoisotopic (exact) mass is 258 g/mol. The van der Waals surface area contributed by atoms with Crippen LogP contribution in [0.4, 0.5) is 0 Å². The molecule has 100 valence electrons. The molecule has 8 nitrogen and oxygen atoms in total. The normalized spacial score (nSPS) is 31.7. The number of hydrogen-bond acceptors (Lipinski definition) is 6.